The highest BCUT2D eigenvalue weighted by molar-refractivity contribution is 7.89. The molecule has 10 heteroatoms. The van der Waals surface area contributed by atoms with Crippen molar-refractivity contribution in [1.82, 2.24) is 19.5 Å². The maximum Gasteiger partial charge on any atom is 0.244 e. The Kier molecular flexibility index (Phi) is 6.36. The Labute approximate surface area is 173 Å². The molecule has 1 N–H and O–H groups in total. The van der Waals surface area contributed by atoms with Crippen LogP contribution in [-0.2, 0) is 14.8 Å². The van der Waals surface area contributed by atoms with Crippen LogP contribution in [0.15, 0.2) is 53.7 Å². The number of sulfonamides is 1. The SMILES string of the molecule is CC(C)c1ccc(-c2nnc(NC(=O)CN(C)S(=O)(=O)c3cccnc3)s2)cc1. The molecule has 0 aliphatic rings. The van der Waals surface area contributed by atoms with Crippen LogP contribution in [0, 0.1) is 0 Å². The van der Waals surface area contributed by atoms with Crippen molar-refractivity contribution in [3.63, 3.8) is 0 Å². The van der Waals surface area contributed by atoms with E-state index in [0.717, 1.165) is 9.87 Å². The molecule has 1 aromatic carbocycles. The third-order valence-electron chi connectivity index (χ3n) is 4.20. The third kappa shape index (κ3) is 5.03. The molecular formula is C19H21N5O3S2. The van der Waals surface area contributed by atoms with Gasteiger partial charge in [-0.05, 0) is 23.6 Å². The van der Waals surface area contributed by atoms with E-state index < -0.39 is 15.9 Å². The summed E-state index contributed by atoms with van der Waals surface area (Å²) >= 11 is 1.23. The number of anilines is 1. The number of hydrogen-bond donors (Lipinski definition) is 1. The first-order chi connectivity index (χ1) is 13.8. The summed E-state index contributed by atoms with van der Waals surface area (Å²) in [5, 5.41) is 11.7. The first-order valence-corrected chi connectivity index (χ1v) is 11.1. The molecule has 0 saturated heterocycles. The molecule has 0 unspecified atom stereocenters. The Bertz CT molecular complexity index is 1080. The summed E-state index contributed by atoms with van der Waals surface area (Å²) in [6, 6.07) is 11.0. The van der Waals surface area contributed by atoms with Gasteiger partial charge in [-0.15, -0.1) is 10.2 Å². The largest absolute Gasteiger partial charge is 0.299 e. The predicted molar refractivity (Wildman–Crippen MR) is 112 cm³/mol. The maximum atomic E-state index is 12.5. The molecule has 2 heterocycles. The van der Waals surface area contributed by atoms with Gasteiger partial charge in [0, 0.05) is 25.0 Å². The van der Waals surface area contributed by atoms with E-state index in [9.17, 15) is 13.2 Å². The predicted octanol–water partition coefficient (Wildman–Crippen LogP) is 2.98. The number of pyridine rings is 1. The number of carbonyl (C=O) groups is 1. The minimum absolute atomic E-state index is 0.0262. The molecule has 0 aliphatic carbocycles. The van der Waals surface area contributed by atoms with Gasteiger partial charge < -0.3 is 0 Å². The Morgan fingerprint density at radius 2 is 1.90 bits per heavy atom. The molecule has 0 saturated carbocycles. The zero-order valence-electron chi connectivity index (χ0n) is 16.2. The van der Waals surface area contributed by atoms with Gasteiger partial charge in [-0.25, -0.2) is 8.42 Å². The van der Waals surface area contributed by atoms with E-state index in [1.807, 2.05) is 24.3 Å². The van der Waals surface area contributed by atoms with E-state index in [4.69, 9.17) is 0 Å². The van der Waals surface area contributed by atoms with E-state index in [-0.39, 0.29) is 11.4 Å². The van der Waals surface area contributed by atoms with Crippen molar-refractivity contribution in [2.45, 2.75) is 24.7 Å². The smallest absolute Gasteiger partial charge is 0.244 e. The average Bonchev–Trinajstić information content (AvgIpc) is 3.17. The summed E-state index contributed by atoms with van der Waals surface area (Å²) in [6.07, 6.45) is 2.72. The van der Waals surface area contributed by atoms with Crippen LogP contribution < -0.4 is 5.32 Å². The van der Waals surface area contributed by atoms with E-state index >= 15 is 0 Å². The number of nitrogens with zero attached hydrogens (tertiary/aromatic N) is 4. The summed E-state index contributed by atoms with van der Waals surface area (Å²) in [6.45, 7) is 3.90. The first-order valence-electron chi connectivity index (χ1n) is 8.87. The molecule has 3 aromatic rings. The van der Waals surface area contributed by atoms with Crippen molar-refractivity contribution in [1.29, 1.82) is 0 Å². The van der Waals surface area contributed by atoms with Crippen LogP contribution in [0.1, 0.15) is 25.3 Å². The van der Waals surface area contributed by atoms with Crippen molar-refractivity contribution in [3.05, 3.63) is 54.4 Å². The second-order valence-corrected chi connectivity index (χ2v) is 9.71. The highest BCUT2D eigenvalue weighted by Gasteiger charge is 2.23. The summed E-state index contributed by atoms with van der Waals surface area (Å²) < 4.78 is 25.9. The molecule has 0 fully saturated rings. The van der Waals surface area contributed by atoms with Gasteiger partial charge in [-0.3, -0.25) is 15.1 Å². The molecule has 152 valence electrons. The van der Waals surface area contributed by atoms with Gasteiger partial charge in [0.25, 0.3) is 0 Å². The van der Waals surface area contributed by atoms with Crippen molar-refractivity contribution < 1.29 is 13.2 Å². The van der Waals surface area contributed by atoms with E-state index in [0.29, 0.717) is 16.1 Å². The van der Waals surface area contributed by atoms with Crippen LogP contribution in [0.5, 0.6) is 0 Å². The fourth-order valence-corrected chi connectivity index (χ4v) is 4.38. The highest BCUT2D eigenvalue weighted by atomic mass is 32.2. The fourth-order valence-electron chi connectivity index (χ4n) is 2.53. The van der Waals surface area contributed by atoms with Crippen LogP contribution in [0.25, 0.3) is 10.6 Å². The Balaban J connectivity index is 1.64. The molecule has 0 aliphatic heterocycles. The van der Waals surface area contributed by atoms with Crippen LogP contribution in [0.3, 0.4) is 0 Å². The normalized spacial score (nSPS) is 11.8. The number of carbonyl (C=O) groups excluding carboxylic acids is 1. The molecule has 0 spiro atoms. The van der Waals surface area contributed by atoms with E-state index in [2.05, 4.69) is 34.3 Å². The number of benzene rings is 1. The number of rotatable bonds is 7. The maximum absolute atomic E-state index is 12.5. The Morgan fingerprint density at radius 3 is 2.52 bits per heavy atom. The van der Waals surface area contributed by atoms with Gasteiger partial charge in [0.1, 0.15) is 9.90 Å². The van der Waals surface area contributed by atoms with Gasteiger partial charge in [-0.2, -0.15) is 4.31 Å². The average molecular weight is 432 g/mol. The molecule has 0 bridgehead atoms. The molecule has 3 rings (SSSR count). The van der Waals surface area contributed by atoms with Gasteiger partial charge in [0.15, 0.2) is 0 Å². The number of likely N-dealkylation sites (N-methyl/N-ethyl adjacent to an activating group) is 1. The Hall–Kier alpha value is -2.69. The summed E-state index contributed by atoms with van der Waals surface area (Å²) in [7, 11) is -2.46. The van der Waals surface area contributed by atoms with E-state index in [1.54, 1.807) is 0 Å². The molecule has 1 amide bonds. The summed E-state index contributed by atoms with van der Waals surface area (Å²) in [5.74, 6) is -0.0638. The van der Waals surface area contributed by atoms with Crippen molar-refractivity contribution in [2.24, 2.45) is 0 Å². The zero-order valence-corrected chi connectivity index (χ0v) is 17.9. The minimum Gasteiger partial charge on any atom is -0.299 e. The monoisotopic (exact) mass is 431 g/mol. The molecule has 29 heavy (non-hydrogen) atoms. The quantitative estimate of drug-likeness (QED) is 0.617. The lowest BCUT2D eigenvalue weighted by Gasteiger charge is -2.15. The summed E-state index contributed by atoms with van der Waals surface area (Å²) in [4.78, 5) is 16.1. The van der Waals surface area contributed by atoms with Crippen molar-refractivity contribution in [2.75, 3.05) is 18.9 Å². The summed E-state index contributed by atoms with van der Waals surface area (Å²) in [5.41, 5.74) is 2.13. The molecular weight excluding hydrogens is 410 g/mol. The van der Waals surface area contributed by atoms with Gasteiger partial charge >= 0.3 is 0 Å². The van der Waals surface area contributed by atoms with Crippen molar-refractivity contribution in [3.8, 4) is 10.6 Å². The lowest BCUT2D eigenvalue weighted by atomic mass is 10.0. The van der Waals surface area contributed by atoms with Crippen LogP contribution in [0.2, 0.25) is 0 Å². The zero-order chi connectivity index (χ0) is 21.0. The van der Waals surface area contributed by atoms with Crippen LogP contribution >= 0.6 is 11.3 Å². The molecule has 0 radical (unpaired) electrons. The number of aromatic nitrogens is 3. The number of amides is 1. The topological polar surface area (TPSA) is 105 Å². The number of hydrogen-bond acceptors (Lipinski definition) is 7. The van der Waals surface area contributed by atoms with Crippen LogP contribution in [-0.4, -0.2) is 47.4 Å². The van der Waals surface area contributed by atoms with E-state index in [1.165, 1.54) is 48.5 Å². The number of nitrogens with one attached hydrogen (secondary N) is 1. The second kappa shape index (κ2) is 8.76. The fraction of sp³-hybridized carbons (Fsp3) is 0.263. The molecule has 2 aromatic heterocycles. The molecule has 8 nitrogen and oxygen atoms in total. The highest BCUT2D eigenvalue weighted by Crippen LogP contribution is 2.27. The van der Waals surface area contributed by atoms with Gasteiger partial charge in [0.05, 0.1) is 6.54 Å². The lowest BCUT2D eigenvalue weighted by Crippen LogP contribution is -2.35. The Morgan fingerprint density at radius 1 is 1.17 bits per heavy atom. The van der Waals surface area contributed by atoms with Gasteiger partial charge in [0.2, 0.25) is 21.1 Å². The third-order valence-corrected chi connectivity index (χ3v) is 6.88. The minimum atomic E-state index is -3.80. The molecule has 0 atom stereocenters. The lowest BCUT2D eigenvalue weighted by molar-refractivity contribution is -0.116. The van der Waals surface area contributed by atoms with Gasteiger partial charge in [-0.1, -0.05) is 49.4 Å². The first kappa shape index (κ1) is 21.0. The van der Waals surface area contributed by atoms with Crippen LogP contribution in [0.4, 0.5) is 5.13 Å². The van der Waals surface area contributed by atoms with Crippen molar-refractivity contribution >= 4 is 32.4 Å². The second-order valence-electron chi connectivity index (χ2n) is 6.69. The standard InChI is InChI=1S/C19H21N5O3S2/c1-13(2)14-6-8-15(9-7-14)18-22-23-19(28-18)21-17(25)12-24(3)29(26,27)16-5-4-10-20-11-16/h4-11,13H,12H2,1-3H3,(H,21,23,25).